The molecule has 5 heteroatoms. The quantitative estimate of drug-likeness (QED) is 0.800. The summed E-state index contributed by atoms with van der Waals surface area (Å²) in [7, 11) is 0. The van der Waals surface area contributed by atoms with Gasteiger partial charge in [0.2, 0.25) is 0 Å². The summed E-state index contributed by atoms with van der Waals surface area (Å²) in [5, 5.41) is 2.96. The summed E-state index contributed by atoms with van der Waals surface area (Å²) in [6.45, 7) is 2.71. The van der Waals surface area contributed by atoms with Crippen molar-refractivity contribution < 1.29 is 9.53 Å². The van der Waals surface area contributed by atoms with Gasteiger partial charge in [0.15, 0.2) is 0 Å². The van der Waals surface area contributed by atoms with Crippen molar-refractivity contribution in [3.63, 3.8) is 0 Å². The number of carbonyl (C=O) groups is 1. The molecule has 1 aliphatic rings. The van der Waals surface area contributed by atoms with Crippen LogP contribution in [0.2, 0.25) is 0 Å². The molecule has 0 saturated carbocycles. The predicted molar refractivity (Wildman–Crippen MR) is 64.6 cm³/mol. The number of carbonyl (C=O) groups excluding carboxylic acids is 1. The highest BCUT2D eigenvalue weighted by atomic mass is 16.5. The molecule has 1 aromatic heterocycles. The minimum absolute atomic E-state index is 0.149. The van der Waals surface area contributed by atoms with Gasteiger partial charge < -0.3 is 15.8 Å². The van der Waals surface area contributed by atoms with Gasteiger partial charge in [0.25, 0.3) is 5.91 Å². The van der Waals surface area contributed by atoms with Crippen LogP contribution in [-0.2, 0) is 4.74 Å². The Labute approximate surface area is 100 Å². The van der Waals surface area contributed by atoms with E-state index in [9.17, 15) is 4.79 Å². The highest BCUT2D eigenvalue weighted by Gasteiger charge is 2.21. The van der Waals surface area contributed by atoms with E-state index in [1.165, 1.54) is 6.20 Å². The number of ether oxygens (including phenoxy) is 1. The topological polar surface area (TPSA) is 77.2 Å². The van der Waals surface area contributed by atoms with Crippen molar-refractivity contribution in [3.8, 4) is 0 Å². The molecule has 1 aliphatic heterocycles. The van der Waals surface area contributed by atoms with E-state index in [-0.39, 0.29) is 18.1 Å². The van der Waals surface area contributed by atoms with E-state index in [0.29, 0.717) is 18.0 Å². The second kappa shape index (κ2) is 5.14. The SMILES string of the molecule is CC1CC(NC(=O)c2ccc(N)cn2)CCO1. The van der Waals surface area contributed by atoms with Gasteiger partial charge in [-0.3, -0.25) is 4.79 Å². The van der Waals surface area contributed by atoms with Gasteiger partial charge in [0.1, 0.15) is 5.69 Å². The zero-order valence-electron chi connectivity index (χ0n) is 9.85. The molecule has 1 fully saturated rings. The maximum Gasteiger partial charge on any atom is 0.270 e. The Morgan fingerprint density at radius 3 is 3.06 bits per heavy atom. The molecule has 5 nitrogen and oxygen atoms in total. The van der Waals surface area contributed by atoms with Crippen LogP contribution in [0.3, 0.4) is 0 Å². The molecule has 2 heterocycles. The molecule has 92 valence electrons. The Hall–Kier alpha value is -1.62. The molecule has 2 atom stereocenters. The first kappa shape index (κ1) is 11.9. The summed E-state index contributed by atoms with van der Waals surface area (Å²) in [6, 6.07) is 3.48. The van der Waals surface area contributed by atoms with Gasteiger partial charge in [0.05, 0.1) is 18.0 Å². The average molecular weight is 235 g/mol. The Morgan fingerprint density at radius 1 is 1.59 bits per heavy atom. The second-order valence-corrected chi connectivity index (χ2v) is 4.35. The van der Waals surface area contributed by atoms with Crippen molar-refractivity contribution in [1.29, 1.82) is 0 Å². The number of aromatic nitrogens is 1. The van der Waals surface area contributed by atoms with E-state index in [1.807, 2.05) is 6.92 Å². The normalized spacial score (nSPS) is 24.3. The fourth-order valence-electron chi connectivity index (χ4n) is 1.93. The molecular weight excluding hydrogens is 218 g/mol. The van der Waals surface area contributed by atoms with Crippen molar-refractivity contribution >= 4 is 11.6 Å². The Bertz CT molecular complexity index is 391. The van der Waals surface area contributed by atoms with Crippen LogP contribution in [0.5, 0.6) is 0 Å². The van der Waals surface area contributed by atoms with Crippen LogP contribution in [0.4, 0.5) is 5.69 Å². The van der Waals surface area contributed by atoms with Crippen molar-refractivity contribution in [2.75, 3.05) is 12.3 Å². The summed E-state index contributed by atoms with van der Waals surface area (Å²) in [5.74, 6) is -0.149. The molecule has 0 bridgehead atoms. The number of hydrogen-bond donors (Lipinski definition) is 2. The summed E-state index contributed by atoms with van der Waals surface area (Å²) in [5.41, 5.74) is 6.48. The number of amides is 1. The molecule has 2 unspecified atom stereocenters. The third-order valence-corrected chi connectivity index (χ3v) is 2.84. The zero-order chi connectivity index (χ0) is 12.3. The first-order valence-corrected chi connectivity index (χ1v) is 5.79. The van der Waals surface area contributed by atoms with E-state index >= 15 is 0 Å². The molecule has 1 saturated heterocycles. The van der Waals surface area contributed by atoms with Gasteiger partial charge in [-0.2, -0.15) is 0 Å². The van der Waals surface area contributed by atoms with E-state index in [2.05, 4.69) is 10.3 Å². The molecule has 2 rings (SSSR count). The minimum atomic E-state index is -0.149. The van der Waals surface area contributed by atoms with Crippen molar-refractivity contribution in [2.24, 2.45) is 0 Å². The number of anilines is 1. The van der Waals surface area contributed by atoms with Gasteiger partial charge >= 0.3 is 0 Å². The fourth-order valence-corrected chi connectivity index (χ4v) is 1.93. The first-order valence-electron chi connectivity index (χ1n) is 5.79. The third kappa shape index (κ3) is 3.17. The monoisotopic (exact) mass is 235 g/mol. The van der Waals surface area contributed by atoms with E-state index in [4.69, 9.17) is 10.5 Å². The molecule has 0 radical (unpaired) electrons. The molecule has 0 spiro atoms. The average Bonchev–Trinajstić information content (AvgIpc) is 2.29. The minimum Gasteiger partial charge on any atom is -0.397 e. The molecule has 3 N–H and O–H groups in total. The van der Waals surface area contributed by atoms with Gasteiger partial charge in [0, 0.05) is 12.6 Å². The molecular formula is C12H17N3O2. The summed E-state index contributed by atoms with van der Waals surface area (Å²) in [4.78, 5) is 15.9. The Morgan fingerprint density at radius 2 is 2.41 bits per heavy atom. The summed E-state index contributed by atoms with van der Waals surface area (Å²) in [6.07, 6.45) is 3.39. The van der Waals surface area contributed by atoms with E-state index in [0.717, 1.165) is 12.8 Å². The van der Waals surface area contributed by atoms with Crippen LogP contribution < -0.4 is 11.1 Å². The second-order valence-electron chi connectivity index (χ2n) is 4.35. The number of pyridine rings is 1. The number of rotatable bonds is 2. The predicted octanol–water partition coefficient (Wildman–Crippen LogP) is 0.961. The van der Waals surface area contributed by atoms with Crippen molar-refractivity contribution in [2.45, 2.75) is 31.9 Å². The fraction of sp³-hybridized carbons (Fsp3) is 0.500. The lowest BCUT2D eigenvalue weighted by Crippen LogP contribution is -2.41. The number of nitrogens with one attached hydrogen (secondary N) is 1. The van der Waals surface area contributed by atoms with Gasteiger partial charge in [-0.15, -0.1) is 0 Å². The third-order valence-electron chi connectivity index (χ3n) is 2.84. The lowest BCUT2D eigenvalue weighted by Gasteiger charge is -2.27. The lowest BCUT2D eigenvalue weighted by molar-refractivity contribution is 0.0136. The van der Waals surface area contributed by atoms with Gasteiger partial charge in [-0.25, -0.2) is 4.98 Å². The largest absolute Gasteiger partial charge is 0.397 e. The number of nitrogens with two attached hydrogens (primary N) is 1. The number of hydrogen-bond acceptors (Lipinski definition) is 4. The van der Waals surface area contributed by atoms with Crippen molar-refractivity contribution in [1.82, 2.24) is 10.3 Å². The highest BCUT2D eigenvalue weighted by Crippen LogP contribution is 2.13. The Balaban J connectivity index is 1.94. The molecule has 1 aromatic rings. The Kier molecular flexibility index (Phi) is 3.58. The molecule has 17 heavy (non-hydrogen) atoms. The van der Waals surface area contributed by atoms with E-state index < -0.39 is 0 Å². The standard InChI is InChI=1S/C12H17N3O2/c1-8-6-10(4-5-17-8)15-12(16)11-3-2-9(13)7-14-11/h2-3,7-8,10H,4-6,13H2,1H3,(H,15,16). The van der Waals surface area contributed by atoms with Crippen molar-refractivity contribution in [3.05, 3.63) is 24.0 Å². The highest BCUT2D eigenvalue weighted by molar-refractivity contribution is 5.92. The lowest BCUT2D eigenvalue weighted by atomic mass is 10.0. The summed E-state index contributed by atoms with van der Waals surface area (Å²) < 4.78 is 5.43. The van der Waals surface area contributed by atoms with E-state index in [1.54, 1.807) is 12.1 Å². The number of nitrogen functional groups attached to an aromatic ring is 1. The van der Waals surface area contributed by atoms with Crippen LogP contribution in [0.15, 0.2) is 18.3 Å². The molecule has 0 aromatic carbocycles. The number of nitrogens with zero attached hydrogens (tertiary/aromatic N) is 1. The first-order chi connectivity index (χ1) is 8.15. The zero-order valence-corrected chi connectivity index (χ0v) is 9.85. The maximum atomic E-state index is 11.9. The van der Waals surface area contributed by atoms with Crippen LogP contribution in [0.1, 0.15) is 30.3 Å². The van der Waals surface area contributed by atoms with Crippen LogP contribution >= 0.6 is 0 Å². The van der Waals surface area contributed by atoms with Crippen LogP contribution in [0.25, 0.3) is 0 Å². The summed E-state index contributed by atoms with van der Waals surface area (Å²) >= 11 is 0. The smallest absolute Gasteiger partial charge is 0.270 e. The molecule has 0 aliphatic carbocycles. The van der Waals surface area contributed by atoms with Gasteiger partial charge in [-0.1, -0.05) is 0 Å². The van der Waals surface area contributed by atoms with Gasteiger partial charge in [-0.05, 0) is 31.9 Å². The van der Waals surface area contributed by atoms with Crippen LogP contribution in [-0.4, -0.2) is 29.6 Å². The van der Waals surface area contributed by atoms with Crippen LogP contribution in [0, 0.1) is 0 Å². The maximum absolute atomic E-state index is 11.9. The molecule has 1 amide bonds.